The Morgan fingerprint density at radius 3 is 2.33 bits per heavy atom. The first-order valence-electron chi connectivity index (χ1n) is 4.25. The third-order valence-corrected chi connectivity index (χ3v) is 4.03. The average Bonchev–Trinajstić information content (AvgIpc) is 1.83. The standard InChI is InChI=1S/C8H17NO2S/c1-8(2)6-7(4-5-9-8)12(3,10)11/h7,9H,4-6H2,1-3H3. The van der Waals surface area contributed by atoms with Crippen LogP contribution in [0, 0.1) is 0 Å². The Morgan fingerprint density at radius 1 is 1.42 bits per heavy atom. The second-order valence-electron chi connectivity index (χ2n) is 4.25. The van der Waals surface area contributed by atoms with Crippen LogP contribution in [0.1, 0.15) is 26.7 Å². The molecule has 1 aliphatic rings. The van der Waals surface area contributed by atoms with Crippen LogP contribution >= 0.6 is 0 Å². The summed E-state index contributed by atoms with van der Waals surface area (Å²) < 4.78 is 22.5. The zero-order valence-electron chi connectivity index (χ0n) is 7.92. The van der Waals surface area contributed by atoms with Crippen molar-refractivity contribution in [2.75, 3.05) is 12.8 Å². The Kier molecular flexibility index (Phi) is 2.50. The summed E-state index contributed by atoms with van der Waals surface area (Å²) in [7, 11) is -2.84. The molecule has 0 spiro atoms. The van der Waals surface area contributed by atoms with Crippen LogP contribution in [-0.2, 0) is 9.84 Å². The quantitative estimate of drug-likeness (QED) is 0.659. The van der Waals surface area contributed by atoms with Crippen molar-refractivity contribution >= 4 is 9.84 Å². The summed E-state index contributed by atoms with van der Waals surface area (Å²) >= 11 is 0. The molecule has 72 valence electrons. The predicted octanol–water partition coefficient (Wildman–Crippen LogP) is 0.562. The minimum absolute atomic E-state index is 0.0218. The van der Waals surface area contributed by atoms with Crippen molar-refractivity contribution in [2.24, 2.45) is 0 Å². The molecular formula is C8H17NO2S. The van der Waals surface area contributed by atoms with Crippen LogP contribution in [0.4, 0.5) is 0 Å². The van der Waals surface area contributed by atoms with Crippen LogP contribution in [0.15, 0.2) is 0 Å². The van der Waals surface area contributed by atoms with Crippen LogP contribution in [-0.4, -0.2) is 32.0 Å². The lowest BCUT2D eigenvalue weighted by molar-refractivity contribution is 0.305. The first-order chi connectivity index (χ1) is 5.31. The lowest BCUT2D eigenvalue weighted by Crippen LogP contribution is -2.49. The molecule has 1 saturated heterocycles. The molecule has 0 aromatic heterocycles. The van der Waals surface area contributed by atoms with E-state index in [1.165, 1.54) is 6.26 Å². The molecule has 4 heteroatoms. The van der Waals surface area contributed by atoms with Crippen LogP contribution < -0.4 is 5.32 Å². The maximum absolute atomic E-state index is 11.2. The van der Waals surface area contributed by atoms with Gasteiger partial charge in [0.2, 0.25) is 0 Å². The molecule has 1 unspecified atom stereocenters. The Morgan fingerprint density at radius 2 is 2.00 bits per heavy atom. The van der Waals surface area contributed by atoms with Crippen LogP contribution in [0.25, 0.3) is 0 Å². The summed E-state index contributed by atoms with van der Waals surface area (Å²) in [6.07, 6.45) is 2.81. The molecule has 0 aliphatic carbocycles. The predicted molar refractivity (Wildman–Crippen MR) is 49.9 cm³/mol. The molecule has 1 atom stereocenters. The smallest absolute Gasteiger partial charge is 0.150 e. The maximum atomic E-state index is 11.2. The highest BCUT2D eigenvalue weighted by molar-refractivity contribution is 7.91. The number of sulfone groups is 1. The van der Waals surface area contributed by atoms with Gasteiger partial charge < -0.3 is 5.32 Å². The van der Waals surface area contributed by atoms with E-state index in [9.17, 15) is 8.42 Å². The topological polar surface area (TPSA) is 46.2 Å². The Balaban J connectivity index is 2.71. The van der Waals surface area contributed by atoms with Gasteiger partial charge in [-0.15, -0.1) is 0 Å². The maximum Gasteiger partial charge on any atom is 0.150 e. The second-order valence-corrected chi connectivity index (χ2v) is 6.58. The second kappa shape index (κ2) is 3.00. The Hall–Kier alpha value is -0.0900. The first-order valence-corrected chi connectivity index (χ1v) is 6.21. The molecular weight excluding hydrogens is 174 g/mol. The minimum Gasteiger partial charge on any atom is -0.312 e. The van der Waals surface area contributed by atoms with Gasteiger partial charge in [-0.25, -0.2) is 8.42 Å². The summed E-state index contributed by atoms with van der Waals surface area (Å²) in [5.74, 6) is 0. The summed E-state index contributed by atoms with van der Waals surface area (Å²) in [4.78, 5) is 0. The minimum atomic E-state index is -2.84. The summed E-state index contributed by atoms with van der Waals surface area (Å²) in [6.45, 7) is 4.90. The van der Waals surface area contributed by atoms with Gasteiger partial charge in [0.05, 0.1) is 5.25 Å². The number of piperidine rings is 1. The average molecular weight is 191 g/mol. The van der Waals surface area contributed by atoms with E-state index < -0.39 is 9.84 Å². The van der Waals surface area contributed by atoms with Gasteiger partial charge in [-0.3, -0.25) is 0 Å². The van der Waals surface area contributed by atoms with E-state index in [4.69, 9.17) is 0 Å². The van der Waals surface area contributed by atoms with Gasteiger partial charge in [-0.1, -0.05) is 0 Å². The molecule has 1 heterocycles. The molecule has 1 fully saturated rings. The SMILES string of the molecule is CC1(C)CC(S(C)(=O)=O)CCN1. The molecule has 3 nitrogen and oxygen atoms in total. The van der Waals surface area contributed by atoms with E-state index in [1.54, 1.807) is 0 Å². The van der Waals surface area contributed by atoms with E-state index in [0.717, 1.165) is 19.4 Å². The normalized spacial score (nSPS) is 30.1. The number of nitrogens with one attached hydrogen (secondary N) is 1. The molecule has 0 saturated carbocycles. The van der Waals surface area contributed by atoms with Crippen molar-refractivity contribution in [3.8, 4) is 0 Å². The number of rotatable bonds is 1. The highest BCUT2D eigenvalue weighted by Crippen LogP contribution is 2.22. The molecule has 1 aliphatic heterocycles. The van der Waals surface area contributed by atoms with Crippen LogP contribution in [0.3, 0.4) is 0 Å². The van der Waals surface area contributed by atoms with Gasteiger partial charge in [-0.05, 0) is 33.2 Å². The highest BCUT2D eigenvalue weighted by atomic mass is 32.2. The van der Waals surface area contributed by atoms with Gasteiger partial charge >= 0.3 is 0 Å². The van der Waals surface area contributed by atoms with Gasteiger partial charge in [0, 0.05) is 11.8 Å². The summed E-state index contributed by atoms with van der Waals surface area (Å²) in [5.41, 5.74) is -0.0218. The molecule has 0 radical (unpaired) electrons. The number of hydrogen-bond donors (Lipinski definition) is 1. The summed E-state index contributed by atoms with van der Waals surface area (Å²) in [6, 6.07) is 0. The van der Waals surface area contributed by atoms with E-state index in [1.807, 2.05) is 13.8 Å². The van der Waals surface area contributed by atoms with E-state index in [-0.39, 0.29) is 10.8 Å². The molecule has 0 aromatic carbocycles. The summed E-state index contributed by atoms with van der Waals surface area (Å²) in [5, 5.41) is 3.15. The van der Waals surface area contributed by atoms with Crippen molar-refractivity contribution in [3.05, 3.63) is 0 Å². The fourth-order valence-electron chi connectivity index (χ4n) is 1.68. The molecule has 0 aromatic rings. The van der Waals surface area contributed by atoms with Gasteiger partial charge in [0.15, 0.2) is 0 Å². The highest BCUT2D eigenvalue weighted by Gasteiger charge is 2.32. The van der Waals surface area contributed by atoms with Crippen molar-refractivity contribution in [3.63, 3.8) is 0 Å². The fourth-order valence-corrected chi connectivity index (χ4v) is 2.95. The monoisotopic (exact) mass is 191 g/mol. The Bertz CT molecular complexity index is 256. The third-order valence-electron chi connectivity index (χ3n) is 2.41. The number of hydrogen-bond acceptors (Lipinski definition) is 3. The molecule has 1 N–H and O–H groups in total. The Labute approximate surface area is 74.5 Å². The lowest BCUT2D eigenvalue weighted by atomic mass is 9.93. The molecule has 0 amide bonds. The van der Waals surface area contributed by atoms with Crippen molar-refractivity contribution < 1.29 is 8.42 Å². The largest absolute Gasteiger partial charge is 0.312 e. The molecule has 12 heavy (non-hydrogen) atoms. The fraction of sp³-hybridized carbons (Fsp3) is 1.00. The van der Waals surface area contributed by atoms with Crippen molar-refractivity contribution in [1.82, 2.24) is 5.32 Å². The first kappa shape index (κ1) is 9.99. The zero-order chi connectivity index (χ0) is 9.41. The zero-order valence-corrected chi connectivity index (χ0v) is 8.74. The van der Waals surface area contributed by atoms with Crippen LogP contribution in [0.2, 0.25) is 0 Å². The lowest BCUT2D eigenvalue weighted by Gasteiger charge is -2.35. The molecule has 0 bridgehead atoms. The van der Waals surface area contributed by atoms with Crippen molar-refractivity contribution in [1.29, 1.82) is 0 Å². The van der Waals surface area contributed by atoms with Gasteiger partial charge in [0.1, 0.15) is 9.84 Å². The van der Waals surface area contributed by atoms with Gasteiger partial charge in [-0.2, -0.15) is 0 Å². The van der Waals surface area contributed by atoms with E-state index in [2.05, 4.69) is 5.32 Å². The van der Waals surface area contributed by atoms with E-state index >= 15 is 0 Å². The van der Waals surface area contributed by atoms with E-state index in [0.29, 0.717) is 0 Å². The molecule has 1 rings (SSSR count). The van der Waals surface area contributed by atoms with Crippen molar-refractivity contribution in [2.45, 2.75) is 37.5 Å². The van der Waals surface area contributed by atoms with Gasteiger partial charge in [0.25, 0.3) is 0 Å². The van der Waals surface area contributed by atoms with Crippen LogP contribution in [0.5, 0.6) is 0 Å². The third kappa shape index (κ3) is 2.45.